The van der Waals surface area contributed by atoms with Crippen molar-refractivity contribution in [1.29, 1.82) is 0 Å². The number of benzene rings is 1. The normalized spacial score (nSPS) is 25.6. The van der Waals surface area contributed by atoms with Crippen LogP contribution < -0.4 is 5.32 Å². The van der Waals surface area contributed by atoms with Crippen LogP contribution in [0.15, 0.2) is 24.3 Å². The van der Waals surface area contributed by atoms with Crippen LogP contribution in [0.1, 0.15) is 112 Å². The van der Waals surface area contributed by atoms with Gasteiger partial charge in [-0.2, -0.15) is 0 Å². The van der Waals surface area contributed by atoms with E-state index in [1.165, 1.54) is 42.6 Å². The molecule has 8 heteroatoms. The Morgan fingerprint density at radius 1 is 0.950 bits per heavy atom. The molecule has 0 aliphatic heterocycles. The molecule has 1 N–H and O–H groups in total. The fraction of sp³-hybridized carbons (Fsp3) is 0.688. The third kappa shape index (κ3) is 7.69. The lowest BCUT2D eigenvalue weighted by Gasteiger charge is -2.29. The van der Waals surface area contributed by atoms with E-state index in [2.05, 4.69) is 34.6 Å². The highest BCUT2D eigenvalue weighted by atomic mass is 32.1. The number of nitrogens with one attached hydrogen (secondary N) is 1. The first-order chi connectivity index (χ1) is 19.1. The maximum absolute atomic E-state index is 12.9. The summed E-state index contributed by atoms with van der Waals surface area (Å²) < 4.78 is 11.4. The number of hydrogen-bond acceptors (Lipinski definition) is 7. The van der Waals surface area contributed by atoms with Crippen LogP contribution in [-0.2, 0) is 20.7 Å². The van der Waals surface area contributed by atoms with Crippen molar-refractivity contribution in [3.8, 4) is 0 Å². The quantitative estimate of drug-likeness (QED) is 0.323. The molecule has 0 spiro atoms. The lowest BCUT2D eigenvalue weighted by atomic mass is 9.77. The molecule has 5 rings (SSSR count). The number of carbonyl (C=O) groups is 2. The molecule has 1 amide bonds. The van der Waals surface area contributed by atoms with E-state index in [9.17, 15) is 9.59 Å². The van der Waals surface area contributed by atoms with E-state index >= 15 is 0 Å². The van der Waals surface area contributed by atoms with Crippen molar-refractivity contribution in [2.45, 2.75) is 110 Å². The van der Waals surface area contributed by atoms with Crippen LogP contribution in [-0.4, -0.2) is 40.4 Å². The first kappa shape index (κ1) is 29.2. The summed E-state index contributed by atoms with van der Waals surface area (Å²) in [6.07, 6.45) is 11.0. The summed E-state index contributed by atoms with van der Waals surface area (Å²) in [5.74, 6) is 2.88. The predicted molar refractivity (Wildman–Crippen MR) is 158 cm³/mol. The second-order valence-corrected chi connectivity index (χ2v) is 14.3. The highest BCUT2D eigenvalue weighted by Crippen LogP contribution is 2.48. The number of anilines is 1. The Hall–Kier alpha value is -2.32. The fourth-order valence-corrected chi connectivity index (χ4v) is 8.10. The summed E-state index contributed by atoms with van der Waals surface area (Å²) >= 11 is 1.50. The van der Waals surface area contributed by atoms with Gasteiger partial charge >= 0.3 is 5.97 Å². The van der Waals surface area contributed by atoms with Crippen molar-refractivity contribution in [3.63, 3.8) is 0 Å². The summed E-state index contributed by atoms with van der Waals surface area (Å²) in [6.45, 7) is 8.64. The third-order valence-electron chi connectivity index (χ3n) is 8.99. The average molecular weight is 568 g/mol. The van der Waals surface area contributed by atoms with Gasteiger partial charge in [0.2, 0.25) is 5.13 Å². The largest absolute Gasteiger partial charge is 0.460 e. The average Bonchev–Trinajstić information content (AvgIpc) is 3.59. The van der Waals surface area contributed by atoms with Gasteiger partial charge in [0, 0.05) is 25.0 Å². The Bertz CT molecular complexity index is 1140. The molecule has 218 valence electrons. The number of hydrogen-bond donors (Lipinski definition) is 1. The molecule has 2 aromatic rings. The molecule has 3 saturated carbocycles. The smallest absolute Gasteiger partial charge is 0.306 e. The second kappa shape index (κ2) is 12.7. The van der Waals surface area contributed by atoms with Crippen molar-refractivity contribution in [2.75, 3.05) is 11.9 Å². The van der Waals surface area contributed by atoms with Crippen LogP contribution in [0.3, 0.4) is 0 Å². The van der Waals surface area contributed by atoms with Crippen LogP contribution in [0.5, 0.6) is 0 Å². The molecule has 0 bridgehead atoms. The fourth-order valence-electron chi connectivity index (χ4n) is 7.25. The van der Waals surface area contributed by atoms with E-state index in [1.54, 1.807) is 0 Å². The molecule has 0 saturated heterocycles. The maximum Gasteiger partial charge on any atom is 0.306 e. The van der Waals surface area contributed by atoms with Crippen LogP contribution in [0, 0.1) is 23.7 Å². The van der Waals surface area contributed by atoms with Gasteiger partial charge in [0.25, 0.3) is 5.91 Å². The first-order valence-corrected chi connectivity index (χ1v) is 16.0. The van der Waals surface area contributed by atoms with Gasteiger partial charge in [0.15, 0.2) is 0 Å². The molecule has 2 atom stereocenters. The van der Waals surface area contributed by atoms with Crippen LogP contribution in [0.2, 0.25) is 0 Å². The maximum atomic E-state index is 12.9. The van der Waals surface area contributed by atoms with Crippen molar-refractivity contribution in [1.82, 2.24) is 10.2 Å². The van der Waals surface area contributed by atoms with E-state index < -0.39 is 5.60 Å². The minimum atomic E-state index is -0.426. The highest BCUT2D eigenvalue weighted by molar-refractivity contribution is 7.15. The van der Waals surface area contributed by atoms with Crippen LogP contribution in [0.25, 0.3) is 0 Å². The molecule has 3 aliphatic carbocycles. The van der Waals surface area contributed by atoms with E-state index in [0.717, 1.165) is 55.6 Å². The summed E-state index contributed by atoms with van der Waals surface area (Å²) in [6, 6.07) is 7.97. The van der Waals surface area contributed by atoms with Crippen molar-refractivity contribution >= 4 is 28.3 Å². The highest BCUT2D eigenvalue weighted by Gasteiger charge is 2.42. The van der Waals surface area contributed by atoms with E-state index in [0.29, 0.717) is 41.0 Å². The first-order valence-electron chi connectivity index (χ1n) is 15.2. The van der Waals surface area contributed by atoms with Crippen molar-refractivity contribution in [3.05, 3.63) is 40.4 Å². The molecule has 3 aliphatic rings. The molecule has 0 radical (unpaired) electrons. The number of ether oxygens (including phenoxy) is 2. The van der Waals surface area contributed by atoms with Gasteiger partial charge < -0.3 is 9.47 Å². The number of fused-ring (bicyclic) bond motifs is 1. The van der Waals surface area contributed by atoms with Crippen molar-refractivity contribution in [2.24, 2.45) is 23.7 Å². The topological polar surface area (TPSA) is 90.4 Å². The number of rotatable bonds is 9. The van der Waals surface area contributed by atoms with E-state index in [-0.39, 0.29) is 11.9 Å². The Labute approximate surface area is 242 Å². The molecular weight excluding hydrogens is 522 g/mol. The molecule has 0 unspecified atom stereocenters. The standard InChI is InChI=1S/C32H45N3O4S/c1-5-38-27-18-25-14-21(15-26(25)19-27)16-28-34-35-31(40-28)33-30(37)24-12-10-23(11-13-24)22-8-6-20(7-9-22)17-29(36)39-32(2,3)4/h10-13,20-22,25-27H,5-9,14-19H2,1-4H3,(H,33,35,37)/t20?,21?,22?,25-,26-,27?/m0/s1. The zero-order valence-electron chi connectivity index (χ0n) is 24.5. The SMILES string of the molecule is CCOC1C[C@@H]2CC(Cc3nnc(NC(=O)c4ccc(C5CCC(CC(=O)OC(C)(C)C)CC5)cc4)s3)C[C@H]2C1. The Balaban J connectivity index is 1.06. The number of carbonyl (C=O) groups excluding carboxylic acids is 2. The molecular formula is C32H45N3O4S. The molecule has 40 heavy (non-hydrogen) atoms. The number of nitrogens with zero attached hydrogens (tertiary/aromatic N) is 2. The van der Waals surface area contributed by atoms with E-state index in [4.69, 9.17) is 9.47 Å². The molecule has 1 aromatic heterocycles. The number of aromatic nitrogens is 2. The second-order valence-electron chi connectivity index (χ2n) is 13.2. The van der Waals surface area contributed by atoms with Crippen LogP contribution in [0.4, 0.5) is 5.13 Å². The Kier molecular flexibility index (Phi) is 9.25. The minimum absolute atomic E-state index is 0.0919. The van der Waals surface area contributed by atoms with Gasteiger partial charge in [-0.05, 0) is 126 Å². The Morgan fingerprint density at radius 3 is 2.25 bits per heavy atom. The van der Waals surface area contributed by atoms with Gasteiger partial charge in [-0.1, -0.05) is 23.5 Å². The molecule has 7 nitrogen and oxygen atoms in total. The van der Waals surface area contributed by atoms with E-state index in [1.807, 2.05) is 32.9 Å². The summed E-state index contributed by atoms with van der Waals surface area (Å²) in [4.78, 5) is 25.1. The summed E-state index contributed by atoms with van der Waals surface area (Å²) in [5, 5.41) is 13.2. The van der Waals surface area contributed by atoms with Gasteiger partial charge in [-0.3, -0.25) is 14.9 Å². The molecule has 1 heterocycles. The summed E-state index contributed by atoms with van der Waals surface area (Å²) in [5.41, 5.74) is 1.47. The van der Waals surface area contributed by atoms with Gasteiger partial charge in [-0.25, -0.2) is 0 Å². The molecule has 1 aromatic carbocycles. The summed E-state index contributed by atoms with van der Waals surface area (Å²) in [7, 11) is 0. The molecule has 3 fully saturated rings. The Morgan fingerprint density at radius 2 is 1.62 bits per heavy atom. The monoisotopic (exact) mass is 567 g/mol. The van der Waals surface area contributed by atoms with Crippen molar-refractivity contribution < 1.29 is 19.1 Å². The van der Waals surface area contributed by atoms with Gasteiger partial charge in [0.1, 0.15) is 10.6 Å². The zero-order valence-corrected chi connectivity index (χ0v) is 25.3. The lowest BCUT2D eigenvalue weighted by molar-refractivity contribution is -0.156. The minimum Gasteiger partial charge on any atom is -0.460 e. The van der Waals surface area contributed by atoms with Crippen LogP contribution >= 0.6 is 11.3 Å². The number of amides is 1. The lowest BCUT2D eigenvalue weighted by Crippen LogP contribution is -2.26. The van der Waals surface area contributed by atoms with Gasteiger partial charge in [0.05, 0.1) is 6.10 Å². The number of esters is 1. The third-order valence-corrected chi connectivity index (χ3v) is 9.85. The zero-order chi connectivity index (χ0) is 28.3. The predicted octanol–water partition coefficient (Wildman–Crippen LogP) is 7.18. The van der Waals surface area contributed by atoms with Gasteiger partial charge in [-0.15, -0.1) is 10.2 Å².